The van der Waals surface area contributed by atoms with Gasteiger partial charge >= 0.3 is 0 Å². The third kappa shape index (κ3) is 2.93. The molecule has 0 aromatic heterocycles. The zero-order chi connectivity index (χ0) is 14.0. The highest BCUT2D eigenvalue weighted by Crippen LogP contribution is 2.33. The van der Waals surface area contributed by atoms with Crippen LogP contribution in [0.3, 0.4) is 0 Å². The van der Waals surface area contributed by atoms with Gasteiger partial charge in [0.05, 0.1) is 6.54 Å². The highest BCUT2D eigenvalue weighted by atomic mass is 16.2. The van der Waals surface area contributed by atoms with Crippen molar-refractivity contribution < 1.29 is 9.59 Å². The summed E-state index contributed by atoms with van der Waals surface area (Å²) in [6.45, 7) is 6.78. The predicted octanol–water partition coefficient (Wildman–Crippen LogP) is 1.94. The van der Waals surface area contributed by atoms with Crippen molar-refractivity contribution in [3.63, 3.8) is 0 Å². The minimum Gasteiger partial charge on any atom is -0.343 e. The fourth-order valence-electron chi connectivity index (χ4n) is 3.49. The molecule has 0 spiro atoms. The molecule has 4 unspecified atom stereocenters. The molecule has 1 saturated heterocycles. The number of nitrogens with zero attached hydrogens (tertiary/aromatic N) is 1. The second kappa shape index (κ2) is 5.93. The molecule has 0 aromatic carbocycles. The van der Waals surface area contributed by atoms with Gasteiger partial charge in [-0.25, -0.2) is 0 Å². The van der Waals surface area contributed by atoms with E-state index in [-0.39, 0.29) is 30.4 Å². The molecule has 2 fully saturated rings. The maximum atomic E-state index is 12.5. The van der Waals surface area contributed by atoms with Crippen molar-refractivity contribution in [1.29, 1.82) is 0 Å². The van der Waals surface area contributed by atoms with E-state index in [1.165, 1.54) is 12.8 Å². The summed E-state index contributed by atoms with van der Waals surface area (Å²) in [5.41, 5.74) is 0. The number of amides is 2. The first-order chi connectivity index (χ1) is 9.04. The minimum atomic E-state index is -0.296. The van der Waals surface area contributed by atoms with Gasteiger partial charge in [-0.2, -0.15) is 0 Å². The van der Waals surface area contributed by atoms with E-state index in [1.807, 2.05) is 11.8 Å². The third-order valence-corrected chi connectivity index (χ3v) is 4.87. The first-order valence-electron chi connectivity index (χ1n) is 7.64. The number of carbonyl (C=O) groups excluding carboxylic acids is 2. The highest BCUT2D eigenvalue weighted by molar-refractivity contribution is 5.95. The van der Waals surface area contributed by atoms with E-state index in [9.17, 15) is 9.59 Å². The van der Waals surface area contributed by atoms with Crippen molar-refractivity contribution in [3.05, 3.63) is 0 Å². The molecule has 2 aliphatic rings. The van der Waals surface area contributed by atoms with Crippen LogP contribution >= 0.6 is 0 Å². The van der Waals surface area contributed by atoms with Crippen LogP contribution in [0, 0.1) is 11.8 Å². The fourth-order valence-corrected chi connectivity index (χ4v) is 3.49. The Morgan fingerprint density at radius 2 is 2.00 bits per heavy atom. The molecule has 108 valence electrons. The van der Waals surface area contributed by atoms with Crippen molar-refractivity contribution in [2.24, 2.45) is 11.8 Å². The molecule has 4 heteroatoms. The molecule has 2 amide bonds. The van der Waals surface area contributed by atoms with Gasteiger partial charge in [-0.3, -0.25) is 9.59 Å². The van der Waals surface area contributed by atoms with Crippen molar-refractivity contribution >= 4 is 11.8 Å². The highest BCUT2D eigenvalue weighted by Gasteiger charge is 2.40. The number of hydrogen-bond acceptors (Lipinski definition) is 2. The maximum absolute atomic E-state index is 12.5. The molecular weight excluding hydrogens is 240 g/mol. The van der Waals surface area contributed by atoms with E-state index in [0.717, 1.165) is 19.3 Å². The lowest BCUT2D eigenvalue weighted by atomic mass is 9.77. The standard InChI is InChI=1S/C15H26N2O2/c1-4-6-12-15(19)17(9-14(18)16-12)13-8-5-7-10(2)11(13)3/h10-13H,4-9H2,1-3H3,(H,16,18). The van der Waals surface area contributed by atoms with E-state index in [4.69, 9.17) is 0 Å². The molecule has 1 N–H and O–H groups in total. The van der Waals surface area contributed by atoms with Crippen LogP contribution in [0.5, 0.6) is 0 Å². The Kier molecular flexibility index (Phi) is 4.48. The third-order valence-electron chi connectivity index (χ3n) is 4.87. The van der Waals surface area contributed by atoms with Gasteiger partial charge in [0.15, 0.2) is 0 Å². The molecule has 1 heterocycles. The zero-order valence-corrected chi connectivity index (χ0v) is 12.3. The second-order valence-electron chi connectivity index (χ2n) is 6.21. The van der Waals surface area contributed by atoms with E-state index in [0.29, 0.717) is 11.8 Å². The van der Waals surface area contributed by atoms with Crippen LogP contribution in [-0.2, 0) is 9.59 Å². The largest absolute Gasteiger partial charge is 0.343 e. The summed E-state index contributed by atoms with van der Waals surface area (Å²) in [5.74, 6) is 1.27. The summed E-state index contributed by atoms with van der Waals surface area (Å²) >= 11 is 0. The van der Waals surface area contributed by atoms with Crippen LogP contribution in [0.1, 0.15) is 52.9 Å². The summed E-state index contributed by atoms with van der Waals surface area (Å²) in [6, 6.07) is -0.0441. The Morgan fingerprint density at radius 3 is 2.68 bits per heavy atom. The molecule has 4 atom stereocenters. The lowest BCUT2D eigenvalue weighted by molar-refractivity contribution is -0.149. The molecule has 4 nitrogen and oxygen atoms in total. The number of hydrogen-bond donors (Lipinski definition) is 1. The summed E-state index contributed by atoms with van der Waals surface area (Å²) < 4.78 is 0. The molecule has 19 heavy (non-hydrogen) atoms. The monoisotopic (exact) mass is 266 g/mol. The molecule has 0 bridgehead atoms. The quantitative estimate of drug-likeness (QED) is 0.848. The number of nitrogens with one attached hydrogen (secondary N) is 1. The zero-order valence-electron chi connectivity index (χ0n) is 12.3. The lowest BCUT2D eigenvalue weighted by Crippen LogP contribution is -2.62. The molecular formula is C15H26N2O2. The Bertz CT molecular complexity index is 356. The molecule has 1 saturated carbocycles. The van der Waals surface area contributed by atoms with Crippen LogP contribution in [0.15, 0.2) is 0 Å². The minimum absolute atomic E-state index is 0.00322. The van der Waals surface area contributed by atoms with Crippen LogP contribution in [0.25, 0.3) is 0 Å². The predicted molar refractivity (Wildman–Crippen MR) is 74.5 cm³/mol. The van der Waals surface area contributed by atoms with Gasteiger partial charge < -0.3 is 10.2 Å². The van der Waals surface area contributed by atoms with Crippen LogP contribution in [0.4, 0.5) is 0 Å². The Labute approximate surface area is 115 Å². The average molecular weight is 266 g/mol. The maximum Gasteiger partial charge on any atom is 0.245 e. The van der Waals surface area contributed by atoms with Gasteiger partial charge in [0, 0.05) is 6.04 Å². The molecule has 2 rings (SSSR count). The molecule has 0 aromatic rings. The lowest BCUT2D eigenvalue weighted by Gasteiger charge is -2.44. The summed E-state index contributed by atoms with van der Waals surface area (Å²) in [5, 5.41) is 2.83. The average Bonchev–Trinajstić information content (AvgIpc) is 2.37. The second-order valence-corrected chi connectivity index (χ2v) is 6.21. The van der Waals surface area contributed by atoms with E-state index in [1.54, 1.807) is 0 Å². The summed E-state index contributed by atoms with van der Waals surface area (Å²) in [4.78, 5) is 26.2. The normalized spacial score (nSPS) is 36.3. The Morgan fingerprint density at radius 1 is 1.26 bits per heavy atom. The molecule has 1 aliphatic carbocycles. The number of rotatable bonds is 3. The van der Waals surface area contributed by atoms with Gasteiger partial charge in [0.2, 0.25) is 11.8 Å². The van der Waals surface area contributed by atoms with Crippen molar-refractivity contribution in [1.82, 2.24) is 10.2 Å². The van der Waals surface area contributed by atoms with E-state index < -0.39 is 0 Å². The van der Waals surface area contributed by atoms with Gasteiger partial charge in [0.25, 0.3) is 0 Å². The Balaban J connectivity index is 2.12. The number of piperazine rings is 1. The van der Waals surface area contributed by atoms with Crippen LogP contribution in [-0.4, -0.2) is 35.3 Å². The van der Waals surface area contributed by atoms with E-state index in [2.05, 4.69) is 19.2 Å². The topological polar surface area (TPSA) is 49.4 Å². The molecule has 1 aliphatic heterocycles. The van der Waals surface area contributed by atoms with Crippen LogP contribution in [0.2, 0.25) is 0 Å². The SMILES string of the molecule is CCCC1NC(=O)CN(C2CCCC(C)C2C)C1=O. The van der Waals surface area contributed by atoms with E-state index >= 15 is 0 Å². The van der Waals surface area contributed by atoms with Crippen molar-refractivity contribution in [3.8, 4) is 0 Å². The number of carbonyl (C=O) groups is 2. The van der Waals surface area contributed by atoms with Gasteiger partial charge in [-0.05, 0) is 24.7 Å². The summed E-state index contributed by atoms with van der Waals surface area (Å²) in [7, 11) is 0. The van der Waals surface area contributed by atoms with Gasteiger partial charge in [0.1, 0.15) is 6.04 Å². The van der Waals surface area contributed by atoms with Gasteiger partial charge in [-0.1, -0.05) is 40.0 Å². The first-order valence-corrected chi connectivity index (χ1v) is 7.64. The van der Waals surface area contributed by atoms with Gasteiger partial charge in [-0.15, -0.1) is 0 Å². The summed E-state index contributed by atoms with van der Waals surface area (Å²) in [6.07, 6.45) is 5.12. The van der Waals surface area contributed by atoms with Crippen molar-refractivity contribution in [2.75, 3.05) is 6.54 Å². The smallest absolute Gasteiger partial charge is 0.245 e. The van der Waals surface area contributed by atoms with Crippen molar-refractivity contribution in [2.45, 2.75) is 65.0 Å². The fraction of sp³-hybridized carbons (Fsp3) is 0.867. The first kappa shape index (κ1) is 14.4. The Hall–Kier alpha value is -1.06. The molecule has 0 radical (unpaired) electrons. The van der Waals surface area contributed by atoms with Crippen LogP contribution < -0.4 is 5.32 Å².